The Hall–Kier alpha value is -2.35. The second-order valence-corrected chi connectivity index (χ2v) is 11.4. The molecule has 35 heavy (non-hydrogen) atoms. The SMILES string of the molecule is COC(C)OCOc1ccc(C(=O)Sc2ccc(C(=O)O)cc2)cc1C12CC3CC(CC(C3)C1)C2. The zero-order valence-electron chi connectivity index (χ0n) is 20.2. The lowest BCUT2D eigenvalue weighted by Crippen LogP contribution is -2.48. The highest BCUT2D eigenvalue weighted by Gasteiger charge is 2.52. The summed E-state index contributed by atoms with van der Waals surface area (Å²) in [5, 5.41) is 9.05. The second-order valence-electron chi connectivity index (χ2n) is 10.4. The summed E-state index contributed by atoms with van der Waals surface area (Å²) in [5.41, 5.74) is 2.04. The monoisotopic (exact) mass is 496 g/mol. The van der Waals surface area contributed by atoms with Gasteiger partial charge in [0.2, 0.25) is 5.12 Å². The first kappa shape index (κ1) is 24.3. The minimum absolute atomic E-state index is 0.0566. The first-order valence-electron chi connectivity index (χ1n) is 12.3. The van der Waals surface area contributed by atoms with Crippen molar-refractivity contribution in [3.8, 4) is 5.75 Å². The maximum Gasteiger partial charge on any atom is 0.335 e. The van der Waals surface area contributed by atoms with Gasteiger partial charge in [0.25, 0.3) is 0 Å². The fourth-order valence-electron chi connectivity index (χ4n) is 6.73. The maximum atomic E-state index is 13.2. The molecule has 2 aromatic rings. The predicted octanol–water partition coefficient (Wildman–Crippen LogP) is 6.13. The van der Waals surface area contributed by atoms with E-state index in [4.69, 9.17) is 19.3 Å². The molecular formula is C28H32O6S. The van der Waals surface area contributed by atoms with Gasteiger partial charge in [0.05, 0.1) is 5.56 Å². The van der Waals surface area contributed by atoms with Gasteiger partial charge in [-0.2, -0.15) is 0 Å². The van der Waals surface area contributed by atoms with E-state index in [0.29, 0.717) is 5.56 Å². The van der Waals surface area contributed by atoms with Crippen molar-refractivity contribution in [1.29, 1.82) is 0 Å². The number of thioether (sulfide) groups is 1. The van der Waals surface area contributed by atoms with E-state index in [2.05, 4.69) is 0 Å². The van der Waals surface area contributed by atoms with E-state index in [1.54, 1.807) is 19.2 Å². The van der Waals surface area contributed by atoms with Gasteiger partial charge in [0.15, 0.2) is 13.1 Å². The first-order valence-corrected chi connectivity index (χ1v) is 13.1. The molecule has 186 valence electrons. The standard InChI is InChI=1S/C28H32O6S/c1-17(32-2)33-16-34-25-8-5-22(27(31)35-23-6-3-21(4-7-23)26(29)30)12-24(25)28-13-18-9-19(14-28)11-20(10-18)15-28/h3-8,12,17-20H,9-11,13-16H2,1-2H3,(H,29,30). The van der Waals surface area contributed by atoms with Crippen LogP contribution in [0.2, 0.25) is 0 Å². The average molecular weight is 497 g/mol. The maximum absolute atomic E-state index is 13.2. The summed E-state index contributed by atoms with van der Waals surface area (Å²) >= 11 is 1.12. The minimum Gasteiger partial charge on any atom is -0.478 e. The Kier molecular flexibility index (Phi) is 6.93. The van der Waals surface area contributed by atoms with E-state index in [0.717, 1.165) is 65.0 Å². The van der Waals surface area contributed by atoms with E-state index < -0.39 is 5.97 Å². The Bertz CT molecular complexity index is 1060. The number of hydrogen-bond donors (Lipinski definition) is 1. The number of benzene rings is 2. The lowest BCUT2D eigenvalue weighted by molar-refractivity contribution is -0.150. The van der Waals surface area contributed by atoms with Crippen LogP contribution in [0.5, 0.6) is 5.75 Å². The van der Waals surface area contributed by atoms with Crippen LogP contribution in [-0.2, 0) is 14.9 Å². The van der Waals surface area contributed by atoms with Crippen molar-refractivity contribution in [3.63, 3.8) is 0 Å². The summed E-state index contributed by atoms with van der Waals surface area (Å²) in [6.07, 6.45) is 7.13. The van der Waals surface area contributed by atoms with Crippen LogP contribution in [0.15, 0.2) is 47.4 Å². The summed E-state index contributed by atoms with van der Waals surface area (Å²) in [5.74, 6) is 2.11. The summed E-state index contributed by atoms with van der Waals surface area (Å²) in [6.45, 7) is 1.91. The van der Waals surface area contributed by atoms with Crippen LogP contribution in [0, 0.1) is 17.8 Å². The molecular weight excluding hydrogens is 464 g/mol. The number of carbonyl (C=O) groups is 2. The molecule has 0 aromatic heterocycles. The minimum atomic E-state index is -0.979. The Morgan fingerprint density at radius 2 is 1.60 bits per heavy atom. The normalized spacial score (nSPS) is 27.5. The van der Waals surface area contributed by atoms with Crippen molar-refractivity contribution in [3.05, 3.63) is 59.2 Å². The molecule has 7 heteroatoms. The van der Waals surface area contributed by atoms with Gasteiger partial charge in [-0.05, 0) is 123 Å². The van der Waals surface area contributed by atoms with Crippen LogP contribution < -0.4 is 4.74 Å². The number of methoxy groups -OCH3 is 1. The number of hydrogen-bond acceptors (Lipinski definition) is 6. The van der Waals surface area contributed by atoms with Gasteiger partial charge in [-0.1, -0.05) is 0 Å². The molecule has 4 bridgehead atoms. The molecule has 0 saturated heterocycles. The van der Waals surface area contributed by atoms with Gasteiger partial charge in [-0.25, -0.2) is 4.79 Å². The third kappa shape index (κ3) is 5.13. The van der Waals surface area contributed by atoms with Gasteiger partial charge in [0, 0.05) is 23.1 Å². The fraction of sp³-hybridized carbons (Fsp3) is 0.500. The molecule has 0 amide bonds. The molecule has 0 heterocycles. The number of rotatable bonds is 9. The Labute approximate surface area is 210 Å². The number of ether oxygens (including phenoxy) is 3. The lowest BCUT2D eigenvalue weighted by Gasteiger charge is -2.57. The highest BCUT2D eigenvalue weighted by atomic mass is 32.2. The van der Waals surface area contributed by atoms with Crippen molar-refractivity contribution >= 4 is 22.8 Å². The van der Waals surface area contributed by atoms with Crippen molar-refractivity contribution in [2.75, 3.05) is 13.9 Å². The molecule has 6 rings (SSSR count). The molecule has 1 N–H and O–H groups in total. The van der Waals surface area contributed by atoms with Crippen molar-refractivity contribution in [1.82, 2.24) is 0 Å². The third-order valence-electron chi connectivity index (χ3n) is 7.99. The van der Waals surface area contributed by atoms with Crippen LogP contribution in [0.25, 0.3) is 0 Å². The molecule has 4 aliphatic rings. The van der Waals surface area contributed by atoms with E-state index in [1.165, 1.54) is 31.4 Å². The van der Waals surface area contributed by atoms with Gasteiger partial charge in [0.1, 0.15) is 5.75 Å². The molecule has 0 aliphatic heterocycles. The lowest BCUT2D eigenvalue weighted by atomic mass is 9.48. The second kappa shape index (κ2) is 9.96. The average Bonchev–Trinajstić information content (AvgIpc) is 2.83. The van der Waals surface area contributed by atoms with Gasteiger partial charge in [-0.3, -0.25) is 4.79 Å². The number of aromatic carboxylic acids is 1. The zero-order chi connectivity index (χ0) is 24.6. The molecule has 1 unspecified atom stereocenters. The third-order valence-corrected chi connectivity index (χ3v) is 8.91. The summed E-state index contributed by atoms with van der Waals surface area (Å²) in [4.78, 5) is 25.1. The molecule has 6 nitrogen and oxygen atoms in total. The Morgan fingerprint density at radius 1 is 1.00 bits per heavy atom. The Morgan fingerprint density at radius 3 is 2.17 bits per heavy atom. The summed E-state index contributed by atoms with van der Waals surface area (Å²) in [7, 11) is 1.60. The van der Waals surface area contributed by atoms with Crippen molar-refractivity contribution < 1.29 is 28.9 Å². The molecule has 4 aliphatic carbocycles. The molecule has 1 atom stereocenters. The van der Waals surface area contributed by atoms with Crippen molar-refractivity contribution in [2.24, 2.45) is 17.8 Å². The number of carboxylic acid groups (broad SMARTS) is 1. The predicted molar refractivity (Wildman–Crippen MR) is 133 cm³/mol. The molecule has 0 spiro atoms. The first-order chi connectivity index (χ1) is 16.8. The Balaban J connectivity index is 1.41. The number of carboxylic acids is 1. The number of carbonyl (C=O) groups excluding carboxylic acids is 1. The zero-order valence-corrected chi connectivity index (χ0v) is 21.0. The van der Waals surface area contributed by atoms with Crippen LogP contribution in [0.1, 0.15) is 71.7 Å². The quantitative estimate of drug-likeness (QED) is 0.330. The summed E-state index contributed by atoms with van der Waals surface area (Å²) < 4.78 is 16.9. The van der Waals surface area contributed by atoms with Gasteiger partial charge < -0.3 is 19.3 Å². The largest absolute Gasteiger partial charge is 0.478 e. The highest BCUT2D eigenvalue weighted by molar-refractivity contribution is 8.14. The molecule has 0 radical (unpaired) electrons. The van der Waals surface area contributed by atoms with E-state index in [1.807, 2.05) is 25.1 Å². The highest BCUT2D eigenvalue weighted by Crippen LogP contribution is 2.62. The molecule has 4 saturated carbocycles. The topological polar surface area (TPSA) is 82.1 Å². The fourth-order valence-corrected chi connectivity index (χ4v) is 7.46. The van der Waals surface area contributed by atoms with Gasteiger partial charge >= 0.3 is 5.97 Å². The summed E-state index contributed by atoms with van der Waals surface area (Å²) in [6, 6.07) is 12.2. The van der Waals surface area contributed by atoms with Crippen LogP contribution >= 0.6 is 11.8 Å². The smallest absolute Gasteiger partial charge is 0.335 e. The molecule has 2 aromatic carbocycles. The van der Waals surface area contributed by atoms with Crippen LogP contribution in [-0.4, -0.2) is 36.4 Å². The van der Waals surface area contributed by atoms with E-state index >= 15 is 0 Å². The van der Waals surface area contributed by atoms with Crippen LogP contribution in [0.4, 0.5) is 0 Å². The van der Waals surface area contributed by atoms with E-state index in [-0.39, 0.29) is 29.2 Å². The van der Waals surface area contributed by atoms with Gasteiger partial charge in [-0.15, -0.1) is 0 Å². The van der Waals surface area contributed by atoms with E-state index in [9.17, 15) is 9.59 Å². The molecule has 4 fully saturated rings. The van der Waals surface area contributed by atoms with Crippen molar-refractivity contribution in [2.45, 2.75) is 62.0 Å². The van der Waals surface area contributed by atoms with Crippen LogP contribution in [0.3, 0.4) is 0 Å².